The number of anilines is 1. The van der Waals surface area contributed by atoms with Crippen LogP contribution in [0.5, 0.6) is 0 Å². The van der Waals surface area contributed by atoms with Crippen LogP contribution >= 0.6 is 0 Å². The Bertz CT molecular complexity index is 1320. The molecule has 0 spiro atoms. The van der Waals surface area contributed by atoms with Crippen molar-refractivity contribution in [3.8, 4) is 11.3 Å². The quantitative estimate of drug-likeness (QED) is 0.474. The molecule has 2 heterocycles. The molecule has 0 aliphatic rings. The van der Waals surface area contributed by atoms with Gasteiger partial charge in [0.2, 0.25) is 0 Å². The predicted octanol–water partition coefficient (Wildman–Crippen LogP) is 5.00. The van der Waals surface area contributed by atoms with Crippen LogP contribution in [0.2, 0.25) is 0 Å². The van der Waals surface area contributed by atoms with E-state index in [-0.39, 0.29) is 5.82 Å². The maximum absolute atomic E-state index is 13.2. The molecule has 1 N–H and O–H groups in total. The lowest BCUT2D eigenvalue weighted by Crippen LogP contribution is -2.05. The number of nitrogens with zero attached hydrogens (tertiary/aromatic N) is 4. The van der Waals surface area contributed by atoms with Gasteiger partial charge in [0, 0.05) is 17.5 Å². The zero-order chi connectivity index (χ0) is 19.8. The standard InChI is InChI=1S/C23H18FN5/c1-15-5-4-6-17(13-15)21-23-26-22(25-14-16-9-11-18(24)12-10-16)19-7-2-3-8-20(19)29(23)28-27-21/h2-13H,14H2,1H3,(H,25,26). The van der Waals surface area contributed by atoms with Crippen LogP contribution in [0.25, 0.3) is 27.8 Å². The Morgan fingerprint density at radius 2 is 1.79 bits per heavy atom. The van der Waals surface area contributed by atoms with Gasteiger partial charge in [-0.3, -0.25) is 0 Å². The van der Waals surface area contributed by atoms with Gasteiger partial charge < -0.3 is 5.32 Å². The first kappa shape index (κ1) is 17.3. The van der Waals surface area contributed by atoms with E-state index in [1.165, 1.54) is 12.1 Å². The van der Waals surface area contributed by atoms with Crippen molar-refractivity contribution in [3.63, 3.8) is 0 Å². The van der Waals surface area contributed by atoms with Gasteiger partial charge in [0.25, 0.3) is 0 Å². The minimum atomic E-state index is -0.244. The summed E-state index contributed by atoms with van der Waals surface area (Å²) in [5, 5.41) is 13.1. The lowest BCUT2D eigenvalue weighted by atomic mass is 10.1. The van der Waals surface area contributed by atoms with Crippen LogP contribution in [-0.2, 0) is 6.54 Å². The number of aryl methyl sites for hydroxylation is 1. The summed E-state index contributed by atoms with van der Waals surface area (Å²) in [6.45, 7) is 2.59. The zero-order valence-corrected chi connectivity index (χ0v) is 15.8. The van der Waals surface area contributed by atoms with E-state index in [9.17, 15) is 4.39 Å². The SMILES string of the molecule is Cc1cccc(-c2nnn3c2nc(NCc2ccc(F)cc2)c2ccccc23)c1. The van der Waals surface area contributed by atoms with E-state index in [4.69, 9.17) is 4.98 Å². The van der Waals surface area contributed by atoms with Crippen molar-refractivity contribution in [1.29, 1.82) is 0 Å². The third-order valence-corrected chi connectivity index (χ3v) is 4.92. The number of nitrogens with one attached hydrogen (secondary N) is 1. The Kier molecular flexibility index (Phi) is 4.17. The molecule has 29 heavy (non-hydrogen) atoms. The molecule has 0 unspecified atom stereocenters. The minimum Gasteiger partial charge on any atom is -0.365 e. The fourth-order valence-corrected chi connectivity index (χ4v) is 3.47. The Labute approximate surface area is 166 Å². The Balaban J connectivity index is 1.63. The summed E-state index contributed by atoms with van der Waals surface area (Å²) >= 11 is 0. The first-order chi connectivity index (χ1) is 14.2. The molecule has 2 aromatic heterocycles. The van der Waals surface area contributed by atoms with E-state index >= 15 is 0 Å². The molecule has 0 saturated carbocycles. The topological polar surface area (TPSA) is 55.1 Å². The lowest BCUT2D eigenvalue weighted by molar-refractivity contribution is 0.627. The molecule has 5 nitrogen and oxygen atoms in total. The number of fused-ring (bicyclic) bond motifs is 3. The van der Waals surface area contributed by atoms with Gasteiger partial charge in [-0.25, -0.2) is 9.37 Å². The molecule has 3 aromatic carbocycles. The molecule has 0 bridgehead atoms. The monoisotopic (exact) mass is 383 g/mol. The fraction of sp³-hybridized carbons (Fsp3) is 0.0870. The summed E-state index contributed by atoms with van der Waals surface area (Å²) in [6.07, 6.45) is 0. The van der Waals surface area contributed by atoms with Crippen molar-refractivity contribution in [2.45, 2.75) is 13.5 Å². The smallest absolute Gasteiger partial charge is 0.186 e. The van der Waals surface area contributed by atoms with Crippen LogP contribution in [0, 0.1) is 12.7 Å². The highest BCUT2D eigenvalue weighted by Crippen LogP contribution is 2.28. The van der Waals surface area contributed by atoms with E-state index in [0.29, 0.717) is 12.2 Å². The van der Waals surface area contributed by atoms with Crippen LogP contribution in [0.1, 0.15) is 11.1 Å². The number of para-hydroxylation sites is 1. The van der Waals surface area contributed by atoms with Gasteiger partial charge in [-0.2, -0.15) is 4.52 Å². The third kappa shape index (κ3) is 3.18. The van der Waals surface area contributed by atoms with E-state index in [0.717, 1.165) is 39.1 Å². The minimum absolute atomic E-state index is 0.244. The second-order valence-corrected chi connectivity index (χ2v) is 7.00. The molecule has 142 valence electrons. The van der Waals surface area contributed by atoms with Gasteiger partial charge in [0.1, 0.15) is 17.3 Å². The van der Waals surface area contributed by atoms with Crippen LogP contribution < -0.4 is 5.32 Å². The number of halogens is 1. The molecule has 0 radical (unpaired) electrons. The molecule has 0 aliphatic carbocycles. The van der Waals surface area contributed by atoms with Crippen molar-refractivity contribution < 1.29 is 4.39 Å². The highest BCUT2D eigenvalue weighted by atomic mass is 19.1. The Hall–Kier alpha value is -3.80. The molecular formula is C23H18FN5. The summed E-state index contributed by atoms with van der Waals surface area (Å²) in [7, 11) is 0. The largest absolute Gasteiger partial charge is 0.365 e. The Morgan fingerprint density at radius 1 is 0.966 bits per heavy atom. The summed E-state index contributed by atoms with van der Waals surface area (Å²) in [4.78, 5) is 4.85. The van der Waals surface area contributed by atoms with Gasteiger partial charge in [0.15, 0.2) is 5.65 Å². The second kappa shape index (κ2) is 6.98. The first-order valence-electron chi connectivity index (χ1n) is 9.38. The number of rotatable bonds is 4. The predicted molar refractivity (Wildman–Crippen MR) is 112 cm³/mol. The van der Waals surface area contributed by atoms with Crippen molar-refractivity contribution in [1.82, 2.24) is 19.8 Å². The third-order valence-electron chi connectivity index (χ3n) is 4.92. The lowest BCUT2D eigenvalue weighted by Gasteiger charge is -2.10. The van der Waals surface area contributed by atoms with Crippen molar-refractivity contribution in [3.05, 3.63) is 89.7 Å². The van der Waals surface area contributed by atoms with E-state index in [2.05, 4.69) is 21.7 Å². The number of hydrogen-bond acceptors (Lipinski definition) is 4. The molecule has 0 amide bonds. The van der Waals surface area contributed by atoms with Gasteiger partial charge >= 0.3 is 0 Å². The van der Waals surface area contributed by atoms with Gasteiger partial charge in [0.05, 0.1) is 5.52 Å². The van der Waals surface area contributed by atoms with Crippen LogP contribution in [0.4, 0.5) is 10.2 Å². The average Bonchev–Trinajstić information content (AvgIpc) is 3.17. The average molecular weight is 383 g/mol. The molecule has 5 rings (SSSR count). The molecule has 0 aliphatic heterocycles. The molecule has 0 saturated heterocycles. The molecule has 6 heteroatoms. The van der Waals surface area contributed by atoms with Gasteiger partial charge in [-0.15, -0.1) is 5.10 Å². The van der Waals surface area contributed by atoms with E-state index in [1.807, 2.05) is 49.4 Å². The fourth-order valence-electron chi connectivity index (χ4n) is 3.47. The highest BCUT2D eigenvalue weighted by molar-refractivity contribution is 5.93. The normalized spacial score (nSPS) is 11.2. The van der Waals surface area contributed by atoms with Crippen molar-refractivity contribution >= 4 is 22.4 Å². The molecular weight excluding hydrogens is 365 g/mol. The summed E-state index contributed by atoms with van der Waals surface area (Å²) in [5.41, 5.74) is 5.46. The second-order valence-electron chi connectivity index (χ2n) is 7.00. The van der Waals surface area contributed by atoms with E-state index in [1.54, 1.807) is 16.6 Å². The Morgan fingerprint density at radius 3 is 2.62 bits per heavy atom. The van der Waals surface area contributed by atoms with Crippen LogP contribution in [-0.4, -0.2) is 19.8 Å². The molecule has 0 atom stereocenters. The van der Waals surface area contributed by atoms with E-state index < -0.39 is 0 Å². The van der Waals surface area contributed by atoms with Crippen molar-refractivity contribution in [2.75, 3.05) is 5.32 Å². The summed E-state index contributed by atoms with van der Waals surface area (Å²) in [5.74, 6) is 0.500. The summed E-state index contributed by atoms with van der Waals surface area (Å²) < 4.78 is 15.0. The van der Waals surface area contributed by atoms with Crippen molar-refractivity contribution in [2.24, 2.45) is 0 Å². The van der Waals surface area contributed by atoms with Crippen LogP contribution in [0.3, 0.4) is 0 Å². The molecule has 5 aromatic rings. The number of benzene rings is 3. The van der Waals surface area contributed by atoms with Crippen LogP contribution in [0.15, 0.2) is 72.8 Å². The molecule has 0 fully saturated rings. The maximum atomic E-state index is 13.2. The number of hydrogen-bond donors (Lipinski definition) is 1. The number of aromatic nitrogens is 4. The summed E-state index contributed by atoms with van der Waals surface area (Å²) in [6, 6.07) is 22.5. The zero-order valence-electron chi connectivity index (χ0n) is 15.8. The van der Waals surface area contributed by atoms with Gasteiger partial charge in [-0.1, -0.05) is 53.2 Å². The van der Waals surface area contributed by atoms with Gasteiger partial charge in [-0.05, 0) is 42.8 Å². The first-order valence-corrected chi connectivity index (χ1v) is 9.38. The maximum Gasteiger partial charge on any atom is 0.186 e. The highest BCUT2D eigenvalue weighted by Gasteiger charge is 2.15.